The first kappa shape index (κ1) is 25.7. The van der Waals surface area contributed by atoms with E-state index >= 15 is 0 Å². The van der Waals surface area contributed by atoms with Gasteiger partial charge in [-0.15, -0.1) is 0 Å². The largest absolute Gasteiger partial charge is 0.487 e. The van der Waals surface area contributed by atoms with E-state index in [1.54, 1.807) is 6.21 Å². The lowest BCUT2D eigenvalue weighted by atomic mass is 9.55. The Kier molecular flexibility index (Phi) is 6.41. The van der Waals surface area contributed by atoms with Crippen LogP contribution in [0.5, 0.6) is 5.75 Å². The summed E-state index contributed by atoms with van der Waals surface area (Å²) in [5.74, 6) is -1.07. The number of nitrogens with zero attached hydrogens (tertiary/aromatic N) is 2. The third-order valence-electron chi connectivity index (χ3n) is 8.06. The zero-order chi connectivity index (χ0) is 27.5. The minimum atomic E-state index is -0.457. The molecular formula is C32H21Br2ClN2O3. The fraction of sp³-hybridized carbons (Fsp3) is 0.156. The number of hydrazone groups is 1. The van der Waals surface area contributed by atoms with E-state index in [-0.39, 0.29) is 23.7 Å². The molecule has 3 aliphatic carbocycles. The third kappa shape index (κ3) is 4.06. The molecule has 40 heavy (non-hydrogen) atoms. The summed E-state index contributed by atoms with van der Waals surface area (Å²) in [6.45, 7) is 0.370. The average molecular weight is 677 g/mol. The Morgan fingerprint density at radius 2 is 1.25 bits per heavy atom. The first-order valence-electron chi connectivity index (χ1n) is 12.9. The Morgan fingerprint density at radius 1 is 0.775 bits per heavy atom. The standard InChI is InChI=1S/C32H21Br2ClN2O3/c33-24-13-18(14-25(34)30(24)40-16-17-9-11-19(35)12-10-17)15-36-37-31(38)28-26-20-5-1-2-6-21(20)27(29(28)32(37)39)23-8-4-3-7-22(23)26/h1-15,26-29H,16H2/b36-15-/t26?,27?,28-,29+. The zero-order valence-corrected chi connectivity index (χ0v) is 24.9. The summed E-state index contributed by atoms with van der Waals surface area (Å²) in [6.07, 6.45) is 1.55. The molecule has 8 rings (SSSR count). The summed E-state index contributed by atoms with van der Waals surface area (Å²) in [6, 6.07) is 27.6. The van der Waals surface area contributed by atoms with Gasteiger partial charge in [-0.1, -0.05) is 72.3 Å². The molecule has 2 amide bonds. The monoisotopic (exact) mass is 674 g/mol. The molecule has 1 saturated heterocycles. The van der Waals surface area contributed by atoms with Crippen LogP contribution in [0.15, 0.2) is 99.0 Å². The lowest BCUT2D eigenvalue weighted by Gasteiger charge is -2.45. The van der Waals surface area contributed by atoms with Crippen molar-refractivity contribution in [2.24, 2.45) is 16.9 Å². The zero-order valence-electron chi connectivity index (χ0n) is 20.9. The normalized spacial score (nSPS) is 22.4. The highest BCUT2D eigenvalue weighted by molar-refractivity contribution is 9.11. The number of hydrogen-bond donors (Lipinski definition) is 0. The van der Waals surface area contributed by atoms with E-state index in [9.17, 15) is 9.59 Å². The van der Waals surface area contributed by atoms with Crippen LogP contribution in [0.4, 0.5) is 0 Å². The molecular weight excluding hydrogens is 656 g/mol. The molecule has 0 aromatic heterocycles. The quantitative estimate of drug-likeness (QED) is 0.161. The topological polar surface area (TPSA) is 59.0 Å². The smallest absolute Gasteiger partial charge is 0.254 e. The van der Waals surface area contributed by atoms with Crippen LogP contribution in [0.1, 0.15) is 45.2 Å². The minimum absolute atomic E-state index is 0.153. The van der Waals surface area contributed by atoms with Gasteiger partial charge in [0.2, 0.25) is 0 Å². The van der Waals surface area contributed by atoms with E-state index in [1.165, 1.54) is 0 Å². The highest BCUT2D eigenvalue weighted by Gasteiger charge is 2.61. The number of amides is 2. The second kappa shape index (κ2) is 9.98. The van der Waals surface area contributed by atoms with Crippen LogP contribution in [-0.4, -0.2) is 23.0 Å². The molecule has 2 atom stereocenters. The van der Waals surface area contributed by atoms with Gasteiger partial charge in [-0.05, 0) is 89.5 Å². The summed E-state index contributed by atoms with van der Waals surface area (Å²) >= 11 is 13.1. The van der Waals surface area contributed by atoms with Crippen LogP contribution in [0, 0.1) is 11.8 Å². The minimum Gasteiger partial charge on any atom is -0.487 e. The van der Waals surface area contributed by atoms with E-state index in [0.717, 1.165) is 32.8 Å². The number of imide groups is 1. The van der Waals surface area contributed by atoms with Gasteiger partial charge in [0.15, 0.2) is 0 Å². The molecule has 4 aromatic carbocycles. The number of ether oxygens (including phenoxy) is 1. The Hall–Kier alpha value is -3.26. The maximum Gasteiger partial charge on any atom is 0.254 e. The molecule has 5 nitrogen and oxygen atoms in total. The van der Waals surface area contributed by atoms with Gasteiger partial charge in [0.05, 0.1) is 27.0 Å². The van der Waals surface area contributed by atoms with E-state index in [0.29, 0.717) is 31.9 Å². The lowest BCUT2D eigenvalue weighted by molar-refractivity contribution is -0.139. The molecule has 0 unspecified atom stereocenters. The molecule has 2 bridgehead atoms. The second-order valence-corrected chi connectivity index (χ2v) is 12.4. The molecule has 1 fully saturated rings. The predicted molar refractivity (Wildman–Crippen MR) is 161 cm³/mol. The number of carbonyl (C=O) groups is 2. The lowest BCUT2D eigenvalue weighted by Crippen LogP contribution is -2.41. The average Bonchev–Trinajstić information content (AvgIpc) is 3.22. The highest BCUT2D eigenvalue weighted by Crippen LogP contribution is 2.61. The molecule has 0 radical (unpaired) electrons. The van der Waals surface area contributed by atoms with Crippen LogP contribution in [0.25, 0.3) is 0 Å². The number of benzene rings is 4. The van der Waals surface area contributed by atoms with Crippen molar-refractivity contribution in [3.05, 3.63) is 132 Å². The van der Waals surface area contributed by atoms with Gasteiger partial charge in [0, 0.05) is 16.9 Å². The fourth-order valence-corrected chi connectivity index (χ4v) is 8.00. The van der Waals surface area contributed by atoms with Crippen LogP contribution >= 0.6 is 43.5 Å². The molecule has 0 N–H and O–H groups in total. The van der Waals surface area contributed by atoms with Crippen molar-refractivity contribution in [3.63, 3.8) is 0 Å². The SMILES string of the molecule is O=C1[C@@H]2C3c4ccccc4C(c4ccccc43)[C@@H]2C(=O)N1/N=C\c1cc(Br)c(OCc2ccc(Cl)cc2)c(Br)c1. The molecule has 0 saturated carbocycles. The summed E-state index contributed by atoms with van der Waals surface area (Å²) in [7, 11) is 0. The van der Waals surface area contributed by atoms with Gasteiger partial charge in [0.25, 0.3) is 11.8 Å². The van der Waals surface area contributed by atoms with Gasteiger partial charge in [-0.25, -0.2) is 0 Å². The highest BCUT2D eigenvalue weighted by atomic mass is 79.9. The number of halogens is 3. The van der Waals surface area contributed by atoms with Crippen LogP contribution < -0.4 is 4.74 Å². The molecule has 4 aliphatic rings. The fourth-order valence-electron chi connectivity index (χ4n) is 6.43. The van der Waals surface area contributed by atoms with E-state index in [1.807, 2.05) is 60.7 Å². The van der Waals surface area contributed by atoms with Crippen molar-refractivity contribution < 1.29 is 14.3 Å². The van der Waals surface area contributed by atoms with Crippen molar-refractivity contribution in [3.8, 4) is 5.75 Å². The first-order chi connectivity index (χ1) is 19.4. The molecule has 0 spiro atoms. The number of hydrogen-bond acceptors (Lipinski definition) is 4. The van der Waals surface area contributed by atoms with E-state index in [2.05, 4.69) is 61.2 Å². The van der Waals surface area contributed by atoms with Crippen LogP contribution in [0.2, 0.25) is 5.02 Å². The van der Waals surface area contributed by atoms with Gasteiger partial charge < -0.3 is 4.74 Å². The van der Waals surface area contributed by atoms with Gasteiger partial charge in [-0.3, -0.25) is 9.59 Å². The van der Waals surface area contributed by atoms with E-state index < -0.39 is 11.8 Å². The van der Waals surface area contributed by atoms with Crippen LogP contribution in [-0.2, 0) is 16.2 Å². The first-order valence-corrected chi connectivity index (χ1v) is 14.8. The maximum absolute atomic E-state index is 13.8. The Bertz CT molecular complexity index is 1580. The van der Waals surface area contributed by atoms with Crippen molar-refractivity contribution in [2.45, 2.75) is 18.4 Å². The second-order valence-electron chi connectivity index (χ2n) is 10.2. The molecule has 1 aliphatic heterocycles. The Balaban J connectivity index is 1.16. The Labute approximate surface area is 253 Å². The van der Waals surface area contributed by atoms with Crippen LogP contribution in [0.3, 0.4) is 0 Å². The third-order valence-corrected chi connectivity index (χ3v) is 9.49. The van der Waals surface area contributed by atoms with Crippen molar-refractivity contribution in [1.29, 1.82) is 0 Å². The van der Waals surface area contributed by atoms with Crippen molar-refractivity contribution in [1.82, 2.24) is 5.01 Å². The maximum atomic E-state index is 13.8. The summed E-state index contributed by atoms with van der Waals surface area (Å²) < 4.78 is 7.45. The van der Waals surface area contributed by atoms with Gasteiger partial charge >= 0.3 is 0 Å². The predicted octanol–water partition coefficient (Wildman–Crippen LogP) is 7.67. The summed E-state index contributed by atoms with van der Waals surface area (Å²) in [4.78, 5) is 27.5. The van der Waals surface area contributed by atoms with Gasteiger partial charge in [0.1, 0.15) is 12.4 Å². The summed E-state index contributed by atoms with van der Waals surface area (Å²) in [5.41, 5.74) is 6.26. The van der Waals surface area contributed by atoms with Crippen molar-refractivity contribution in [2.75, 3.05) is 0 Å². The number of carbonyl (C=O) groups excluding carboxylic acids is 2. The Morgan fingerprint density at radius 3 is 1.73 bits per heavy atom. The molecule has 198 valence electrons. The van der Waals surface area contributed by atoms with Crippen molar-refractivity contribution >= 4 is 61.5 Å². The number of rotatable bonds is 5. The summed E-state index contributed by atoms with van der Waals surface area (Å²) in [5, 5.41) is 6.19. The van der Waals surface area contributed by atoms with Gasteiger partial charge in [-0.2, -0.15) is 10.1 Å². The molecule has 4 aromatic rings. The van der Waals surface area contributed by atoms with E-state index in [4.69, 9.17) is 16.3 Å². The molecule has 1 heterocycles. The molecule has 8 heteroatoms.